The lowest BCUT2D eigenvalue weighted by atomic mass is 9.68. The van der Waals surface area contributed by atoms with Crippen LogP contribution in [0, 0.1) is 12.3 Å². The van der Waals surface area contributed by atoms with Crippen LogP contribution in [0.2, 0.25) is 0 Å². The maximum absolute atomic E-state index is 12.7. The van der Waals surface area contributed by atoms with Gasteiger partial charge in [0.1, 0.15) is 0 Å². The van der Waals surface area contributed by atoms with E-state index < -0.39 is 0 Å². The van der Waals surface area contributed by atoms with Crippen LogP contribution in [0.3, 0.4) is 0 Å². The van der Waals surface area contributed by atoms with Crippen LogP contribution >= 0.6 is 0 Å². The van der Waals surface area contributed by atoms with Gasteiger partial charge in [0.25, 0.3) is 5.91 Å². The fourth-order valence-electron chi connectivity index (χ4n) is 4.03. The molecular formula is C18H26N2O. The van der Waals surface area contributed by atoms with Crippen LogP contribution in [-0.4, -0.2) is 23.9 Å². The minimum absolute atomic E-state index is 0.158. The van der Waals surface area contributed by atoms with Gasteiger partial charge in [-0.2, -0.15) is 0 Å². The van der Waals surface area contributed by atoms with Gasteiger partial charge in [-0.15, -0.1) is 0 Å². The number of aryl methyl sites for hydroxylation is 1. The first-order valence-corrected chi connectivity index (χ1v) is 8.25. The molecule has 1 heterocycles. The standard InChI is InChI=1S/C18H26N2O/c1-14-5-6-15(19)13-16(14)17(21)20-11-9-18(10-12-20)7-3-2-4-8-18/h5-6,13H,2-4,7-12,19H2,1H3. The zero-order valence-corrected chi connectivity index (χ0v) is 13.0. The third-order valence-corrected chi connectivity index (χ3v) is 5.52. The number of carbonyl (C=O) groups is 1. The van der Waals surface area contributed by atoms with E-state index in [0.717, 1.165) is 24.2 Å². The fraction of sp³-hybridized carbons (Fsp3) is 0.611. The third-order valence-electron chi connectivity index (χ3n) is 5.52. The Labute approximate surface area is 127 Å². The molecule has 0 bridgehead atoms. The highest BCUT2D eigenvalue weighted by Gasteiger charge is 2.36. The van der Waals surface area contributed by atoms with Crippen LogP contribution < -0.4 is 5.73 Å². The Morgan fingerprint density at radius 3 is 2.43 bits per heavy atom. The highest BCUT2D eigenvalue weighted by molar-refractivity contribution is 5.96. The van der Waals surface area contributed by atoms with Crippen LogP contribution in [0.15, 0.2) is 18.2 Å². The summed E-state index contributed by atoms with van der Waals surface area (Å²) in [5, 5.41) is 0. The number of benzene rings is 1. The van der Waals surface area contributed by atoms with Gasteiger partial charge in [0, 0.05) is 24.3 Å². The summed E-state index contributed by atoms with van der Waals surface area (Å²) in [6, 6.07) is 5.62. The van der Waals surface area contributed by atoms with Crippen LogP contribution in [0.1, 0.15) is 60.9 Å². The number of nitrogen functional groups attached to an aromatic ring is 1. The van der Waals surface area contributed by atoms with Crippen molar-refractivity contribution in [3.8, 4) is 0 Å². The minimum Gasteiger partial charge on any atom is -0.399 e. The number of likely N-dealkylation sites (tertiary alicyclic amines) is 1. The molecule has 2 fully saturated rings. The number of nitrogens with zero attached hydrogens (tertiary/aromatic N) is 1. The van der Waals surface area contributed by atoms with E-state index >= 15 is 0 Å². The summed E-state index contributed by atoms with van der Waals surface area (Å²) >= 11 is 0. The number of amides is 1. The van der Waals surface area contributed by atoms with Crippen molar-refractivity contribution in [2.75, 3.05) is 18.8 Å². The quantitative estimate of drug-likeness (QED) is 0.799. The van der Waals surface area contributed by atoms with Gasteiger partial charge < -0.3 is 10.6 Å². The van der Waals surface area contributed by atoms with Crippen molar-refractivity contribution in [2.24, 2.45) is 5.41 Å². The molecule has 0 aromatic heterocycles. The Bertz CT molecular complexity index is 522. The zero-order valence-electron chi connectivity index (χ0n) is 13.0. The lowest BCUT2D eigenvalue weighted by molar-refractivity contribution is 0.0471. The maximum atomic E-state index is 12.7. The van der Waals surface area contributed by atoms with Crippen molar-refractivity contribution in [2.45, 2.75) is 51.9 Å². The Morgan fingerprint density at radius 1 is 1.10 bits per heavy atom. The normalized spacial score (nSPS) is 21.5. The van der Waals surface area contributed by atoms with Gasteiger partial charge in [0.15, 0.2) is 0 Å². The minimum atomic E-state index is 0.158. The second-order valence-corrected chi connectivity index (χ2v) is 6.93. The average molecular weight is 286 g/mol. The second kappa shape index (κ2) is 5.70. The van der Waals surface area contributed by atoms with E-state index in [1.807, 2.05) is 30.0 Å². The number of hydrogen-bond acceptors (Lipinski definition) is 2. The first-order valence-electron chi connectivity index (χ1n) is 8.25. The lowest BCUT2D eigenvalue weighted by Gasteiger charge is -2.44. The van der Waals surface area contributed by atoms with E-state index in [9.17, 15) is 4.79 Å². The summed E-state index contributed by atoms with van der Waals surface area (Å²) in [5.41, 5.74) is 8.84. The van der Waals surface area contributed by atoms with E-state index in [0.29, 0.717) is 11.1 Å². The molecule has 1 aromatic rings. The van der Waals surface area contributed by atoms with Gasteiger partial charge >= 0.3 is 0 Å². The van der Waals surface area contributed by atoms with Gasteiger partial charge in [0.05, 0.1) is 0 Å². The molecular weight excluding hydrogens is 260 g/mol. The average Bonchev–Trinajstić information content (AvgIpc) is 2.51. The molecule has 3 nitrogen and oxygen atoms in total. The number of anilines is 1. The first-order chi connectivity index (χ1) is 10.1. The largest absolute Gasteiger partial charge is 0.399 e. The van der Waals surface area contributed by atoms with E-state index in [1.54, 1.807) is 0 Å². The summed E-state index contributed by atoms with van der Waals surface area (Å²) in [6.45, 7) is 3.80. The Hall–Kier alpha value is -1.51. The predicted molar refractivity (Wildman–Crippen MR) is 86.2 cm³/mol. The summed E-state index contributed by atoms with van der Waals surface area (Å²) in [6.07, 6.45) is 9.25. The smallest absolute Gasteiger partial charge is 0.254 e. The third kappa shape index (κ3) is 2.92. The topological polar surface area (TPSA) is 46.3 Å². The SMILES string of the molecule is Cc1ccc(N)cc1C(=O)N1CCC2(CCCCC2)CC1. The van der Waals surface area contributed by atoms with E-state index in [-0.39, 0.29) is 5.91 Å². The van der Waals surface area contributed by atoms with Crippen molar-refractivity contribution >= 4 is 11.6 Å². The molecule has 1 aromatic carbocycles. The molecule has 1 aliphatic carbocycles. The number of carbonyl (C=O) groups excluding carboxylic acids is 1. The van der Waals surface area contributed by atoms with Crippen molar-refractivity contribution in [1.82, 2.24) is 4.90 Å². The van der Waals surface area contributed by atoms with E-state index in [1.165, 1.54) is 44.9 Å². The molecule has 1 spiro atoms. The van der Waals surface area contributed by atoms with E-state index in [2.05, 4.69) is 0 Å². The summed E-state index contributed by atoms with van der Waals surface area (Å²) in [4.78, 5) is 14.7. The number of rotatable bonds is 1. The zero-order chi connectivity index (χ0) is 14.9. The number of hydrogen-bond donors (Lipinski definition) is 1. The first kappa shape index (κ1) is 14.4. The van der Waals surface area contributed by atoms with Crippen LogP contribution in [0.5, 0.6) is 0 Å². The van der Waals surface area contributed by atoms with Crippen molar-refractivity contribution in [3.63, 3.8) is 0 Å². The number of nitrogens with two attached hydrogens (primary N) is 1. The summed E-state index contributed by atoms with van der Waals surface area (Å²) < 4.78 is 0. The molecule has 0 atom stereocenters. The molecule has 114 valence electrons. The van der Waals surface area contributed by atoms with Crippen LogP contribution in [-0.2, 0) is 0 Å². The van der Waals surface area contributed by atoms with Crippen LogP contribution in [0.25, 0.3) is 0 Å². The fourth-order valence-corrected chi connectivity index (χ4v) is 4.03. The monoisotopic (exact) mass is 286 g/mol. The molecule has 1 saturated carbocycles. The Morgan fingerprint density at radius 2 is 1.76 bits per heavy atom. The molecule has 0 radical (unpaired) electrons. The van der Waals surface area contributed by atoms with Gasteiger partial charge in [0.2, 0.25) is 0 Å². The van der Waals surface area contributed by atoms with Gasteiger partial charge in [-0.1, -0.05) is 25.3 Å². The molecule has 3 rings (SSSR count). The molecule has 2 N–H and O–H groups in total. The maximum Gasteiger partial charge on any atom is 0.254 e. The van der Waals surface area contributed by atoms with Gasteiger partial charge in [-0.3, -0.25) is 4.79 Å². The molecule has 3 heteroatoms. The molecule has 2 aliphatic rings. The lowest BCUT2D eigenvalue weighted by Crippen LogP contribution is -2.44. The van der Waals surface area contributed by atoms with Gasteiger partial charge in [-0.05, 0) is 55.7 Å². The Kier molecular flexibility index (Phi) is 3.92. The summed E-state index contributed by atoms with van der Waals surface area (Å²) in [7, 11) is 0. The predicted octanol–water partition coefficient (Wildman–Crippen LogP) is 3.76. The molecule has 21 heavy (non-hydrogen) atoms. The second-order valence-electron chi connectivity index (χ2n) is 6.93. The van der Waals surface area contributed by atoms with Crippen molar-refractivity contribution < 1.29 is 4.79 Å². The molecule has 1 saturated heterocycles. The molecule has 1 amide bonds. The summed E-state index contributed by atoms with van der Waals surface area (Å²) in [5.74, 6) is 0.158. The highest BCUT2D eigenvalue weighted by atomic mass is 16.2. The molecule has 1 aliphatic heterocycles. The van der Waals surface area contributed by atoms with Crippen LogP contribution in [0.4, 0.5) is 5.69 Å². The van der Waals surface area contributed by atoms with Gasteiger partial charge in [-0.25, -0.2) is 0 Å². The number of piperidine rings is 1. The Balaban J connectivity index is 1.69. The van der Waals surface area contributed by atoms with Crippen molar-refractivity contribution in [3.05, 3.63) is 29.3 Å². The molecule has 0 unspecified atom stereocenters. The highest BCUT2D eigenvalue weighted by Crippen LogP contribution is 2.44. The van der Waals surface area contributed by atoms with E-state index in [4.69, 9.17) is 5.73 Å². The van der Waals surface area contributed by atoms with Crippen molar-refractivity contribution in [1.29, 1.82) is 0 Å².